The van der Waals surface area contributed by atoms with Crippen LogP contribution >= 0.6 is 11.6 Å². The summed E-state index contributed by atoms with van der Waals surface area (Å²) in [5.41, 5.74) is 0. The van der Waals surface area contributed by atoms with Crippen LogP contribution in [0.15, 0.2) is 11.4 Å². The van der Waals surface area contributed by atoms with Crippen LogP contribution in [0.4, 0.5) is 0 Å². The van der Waals surface area contributed by atoms with Crippen LogP contribution in [0.5, 0.6) is 0 Å². The zero-order valence-corrected chi connectivity index (χ0v) is 12.3. The maximum absolute atomic E-state index is 12.0. The van der Waals surface area contributed by atoms with Gasteiger partial charge < -0.3 is 9.88 Å². The average molecular weight is 308 g/mol. The summed E-state index contributed by atoms with van der Waals surface area (Å²) in [4.78, 5) is 6.02. The summed E-state index contributed by atoms with van der Waals surface area (Å²) in [6, 6.07) is 0. The maximum atomic E-state index is 12.0. The molecule has 108 valence electrons. The molecular formula is C10H18ClN5O2S. The van der Waals surface area contributed by atoms with Crippen molar-refractivity contribution in [2.75, 3.05) is 39.3 Å². The zero-order valence-electron chi connectivity index (χ0n) is 10.8. The second-order valence-electron chi connectivity index (χ2n) is 4.44. The van der Waals surface area contributed by atoms with E-state index in [2.05, 4.69) is 19.9 Å². The van der Waals surface area contributed by atoms with Gasteiger partial charge in [-0.3, -0.25) is 4.90 Å². The van der Waals surface area contributed by atoms with E-state index in [1.807, 2.05) is 0 Å². The molecule has 1 aromatic rings. The van der Waals surface area contributed by atoms with Gasteiger partial charge in [-0.25, -0.2) is 18.1 Å². The molecule has 0 unspecified atom stereocenters. The quantitative estimate of drug-likeness (QED) is 0.749. The van der Waals surface area contributed by atoms with E-state index in [9.17, 15) is 8.42 Å². The second kappa shape index (κ2) is 6.19. The van der Waals surface area contributed by atoms with E-state index in [0.717, 1.165) is 26.2 Å². The van der Waals surface area contributed by atoms with Crippen molar-refractivity contribution < 1.29 is 8.42 Å². The van der Waals surface area contributed by atoms with Gasteiger partial charge in [0.2, 0.25) is 5.03 Å². The first-order chi connectivity index (χ1) is 9.00. The fourth-order valence-corrected chi connectivity index (χ4v) is 3.36. The summed E-state index contributed by atoms with van der Waals surface area (Å²) in [6.45, 7) is 4.80. The van der Waals surface area contributed by atoms with E-state index in [4.69, 9.17) is 11.6 Å². The monoisotopic (exact) mass is 307 g/mol. The van der Waals surface area contributed by atoms with Gasteiger partial charge in [-0.15, -0.1) is 0 Å². The molecule has 1 aliphatic rings. The standard InChI is InChI=1S/C10H18ClN5O2S/c1-15-8-13-10(9(15)11)19(17,18)14-4-7-16-5-2-12-3-6-16/h8,12,14H,2-7H2,1H3. The molecule has 0 spiro atoms. The molecule has 0 bridgehead atoms. The van der Waals surface area contributed by atoms with Crippen molar-refractivity contribution in [2.24, 2.45) is 7.05 Å². The number of hydrogen-bond donors (Lipinski definition) is 2. The minimum absolute atomic E-state index is 0.114. The highest BCUT2D eigenvalue weighted by atomic mass is 35.5. The van der Waals surface area contributed by atoms with Gasteiger partial charge in [-0.05, 0) is 0 Å². The van der Waals surface area contributed by atoms with E-state index < -0.39 is 10.0 Å². The Kier molecular flexibility index (Phi) is 4.80. The fraction of sp³-hybridized carbons (Fsp3) is 0.700. The average Bonchev–Trinajstić information content (AvgIpc) is 2.72. The number of nitrogens with zero attached hydrogens (tertiary/aromatic N) is 3. The number of piperazine rings is 1. The van der Waals surface area contributed by atoms with Gasteiger partial charge >= 0.3 is 0 Å². The van der Waals surface area contributed by atoms with Gasteiger partial charge in [0.25, 0.3) is 10.0 Å². The van der Waals surface area contributed by atoms with Crippen LogP contribution in [-0.2, 0) is 17.1 Å². The summed E-state index contributed by atoms with van der Waals surface area (Å²) >= 11 is 5.88. The molecule has 1 saturated heterocycles. The predicted molar refractivity (Wildman–Crippen MR) is 72.7 cm³/mol. The lowest BCUT2D eigenvalue weighted by atomic mass is 10.3. The lowest BCUT2D eigenvalue weighted by molar-refractivity contribution is 0.245. The predicted octanol–water partition coefficient (Wildman–Crippen LogP) is -0.743. The highest BCUT2D eigenvalue weighted by Crippen LogP contribution is 2.17. The van der Waals surface area contributed by atoms with Crippen molar-refractivity contribution in [3.05, 3.63) is 11.5 Å². The molecule has 19 heavy (non-hydrogen) atoms. The number of rotatable bonds is 5. The Hall–Kier alpha value is -0.670. The zero-order chi connectivity index (χ0) is 13.9. The Morgan fingerprint density at radius 3 is 2.74 bits per heavy atom. The van der Waals surface area contributed by atoms with E-state index >= 15 is 0 Å². The molecule has 9 heteroatoms. The highest BCUT2D eigenvalue weighted by molar-refractivity contribution is 7.89. The third kappa shape index (κ3) is 3.67. The maximum Gasteiger partial charge on any atom is 0.261 e. The minimum atomic E-state index is -3.63. The van der Waals surface area contributed by atoms with Crippen molar-refractivity contribution in [2.45, 2.75) is 5.03 Å². The molecule has 0 aliphatic carbocycles. The molecule has 2 N–H and O–H groups in total. The molecule has 1 aliphatic heterocycles. The number of aromatic nitrogens is 2. The topological polar surface area (TPSA) is 79.3 Å². The number of aryl methyl sites for hydroxylation is 1. The first-order valence-electron chi connectivity index (χ1n) is 6.10. The molecule has 1 fully saturated rings. The third-order valence-electron chi connectivity index (χ3n) is 3.02. The van der Waals surface area contributed by atoms with Gasteiger partial charge in [-0.1, -0.05) is 11.6 Å². The second-order valence-corrected chi connectivity index (χ2v) is 6.48. The van der Waals surface area contributed by atoms with Crippen LogP contribution < -0.4 is 10.0 Å². The van der Waals surface area contributed by atoms with Crippen molar-refractivity contribution in [3.63, 3.8) is 0 Å². The first kappa shape index (κ1) is 14.7. The molecular weight excluding hydrogens is 290 g/mol. The minimum Gasteiger partial charge on any atom is -0.324 e. The van der Waals surface area contributed by atoms with Gasteiger partial charge in [0.05, 0.1) is 6.33 Å². The molecule has 2 heterocycles. The van der Waals surface area contributed by atoms with Crippen LogP contribution in [0.3, 0.4) is 0 Å². The Labute approximate surface area is 118 Å². The fourth-order valence-electron chi connectivity index (χ4n) is 1.92. The van der Waals surface area contributed by atoms with Crippen molar-refractivity contribution in [3.8, 4) is 0 Å². The van der Waals surface area contributed by atoms with Crippen LogP contribution in [0.2, 0.25) is 5.15 Å². The Bertz CT molecular complexity index is 524. The lowest BCUT2D eigenvalue weighted by Gasteiger charge is -2.26. The summed E-state index contributed by atoms with van der Waals surface area (Å²) < 4.78 is 28.0. The molecule has 2 rings (SSSR count). The first-order valence-corrected chi connectivity index (χ1v) is 7.96. The Morgan fingerprint density at radius 1 is 1.47 bits per heavy atom. The van der Waals surface area contributed by atoms with Crippen LogP contribution in [0.1, 0.15) is 0 Å². The summed E-state index contributed by atoms with van der Waals surface area (Å²) in [5.74, 6) is 0. The van der Waals surface area contributed by atoms with Gasteiger partial charge in [0.15, 0.2) is 0 Å². The van der Waals surface area contributed by atoms with Gasteiger partial charge in [-0.2, -0.15) is 0 Å². The van der Waals surface area contributed by atoms with E-state index in [-0.39, 0.29) is 10.2 Å². The number of halogens is 1. The molecule has 7 nitrogen and oxygen atoms in total. The van der Waals surface area contributed by atoms with Crippen LogP contribution in [0, 0.1) is 0 Å². The van der Waals surface area contributed by atoms with Crippen molar-refractivity contribution in [1.82, 2.24) is 24.5 Å². The summed E-state index contributed by atoms with van der Waals surface area (Å²) in [6.07, 6.45) is 1.38. The number of hydrogen-bond acceptors (Lipinski definition) is 5. The highest BCUT2D eigenvalue weighted by Gasteiger charge is 2.22. The Morgan fingerprint density at radius 2 is 2.16 bits per heavy atom. The summed E-state index contributed by atoms with van der Waals surface area (Å²) in [5, 5.41) is 3.25. The normalized spacial score (nSPS) is 17.8. The number of nitrogens with one attached hydrogen (secondary N) is 2. The molecule has 0 radical (unpaired) electrons. The molecule has 0 aromatic carbocycles. The number of imidazole rings is 1. The van der Waals surface area contributed by atoms with E-state index in [1.165, 1.54) is 10.9 Å². The van der Waals surface area contributed by atoms with E-state index in [1.54, 1.807) is 7.05 Å². The lowest BCUT2D eigenvalue weighted by Crippen LogP contribution is -2.46. The SMILES string of the molecule is Cn1cnc(S(=O)(=O)NCCN2CCNCC2)c1Cl. The molecule has 0 atom stereocenters. The molecule has 0 amide bonds. The van der Waals surface area contributed by atoms with Crippen molar-refractivity contribution >= 4 is 21.6 Å². The van der Waals surface area contributed by atoms with Crippen LogP contribution in [-0.4, -0.2) is 62.1 Å². The molecule has 0 saturated carbocycles. The molecule has 1 aromatic heterocycles. The Balaban J connectivity index is 1.89. The van der Waals surface area contributed by atoms with Gasteiger partial charge in [0.1, 0.15) is 5.15 Å². The largest absolute Gasteiger partial charge is 0.324 e. The third-order valence-corrected chi connectivity index (χ3v) is 4.97. The number of sulfonamides is 1. The summed E-state index contributed by atoms with van der Waals surface area (Å²) in [7, 11) is -1.98. The van der Waals surface area contributed by atoms with E-state index in [0.29, 0.717) is 13.1 Å². The van der Waals surface area contributed by atoms with Gasteiger partial charge in [0, 0.05) is 46.3 Å². The smallest absolute Gasteiger partial charge is 0.261 e. The van der Waals surface area contributed by atoms with Crippen molar-refractivity contribution in [1.29, 1.82) is 0 Å². The van der Waals surface area contributed by atoms with Crippen LogP contribution in [0.25, 0.3) is 0 Å².